The minimum Gasteiger partial charge on any atom is -0.508 e. The summed E-state index contributed by atoms with van der Waals surface area (Å²) in [5.74, 6) is -2.76. The minimum atomic E-state index is -1.90. The van der Waals surface area contributed by atoms with Crippen molar-refractivity contribution in [2.24, 2.45) is 5.92 Å². The number of methoxy groups -OCH3 is 1. The zero-order valence-electron chi connectivity index (χ0n) is 19.7. The number of hydrogen-bond donors (Lipinski definition) is 6. The summed E-state index contributed by atoms with van der Waals surface area (Å²) in [6, 6.07) is 5.36. The highest BCUT2D eigenvalue weighted by Gasteiger charge is 2.57. The molecule has 202 valence electrons. The Morgan fingerprint density at radius 1 is 1.05 bits per heavy atom. The average Bonchev–Trinajstić information content (AvgIpc) is 3.24. The summed E-state index contributed by atoms with van der Waals surface area (Å²) in [6.07, 6.45) is -6.94. The number of ether oxygens (including phenoxy) is 5. The van der Waals surface area contributed by atoms with Gasteiger partial charge in [-0.15, -0.1) is 0 Å². The van der Waals surface area contributed by atoms with E-state index in [1.165, 1.54) is 24.3 Å². The Kier molecular flexibility index (Phi) is 7.85. The van der Waals surface area contributed by atoms with Crippen LogP contribution < -0.4 is 0 Å². The van der Waals surface area contributed by atoms with Gasteiger partial charge in [0.05, 0.1) is 31.5 Å². The number of esters is 2. The van der Waals surface area contributed by atoms with E-state index in [0.717, 1.165) is 13.4 Å². The first-order valence-corrected chi connectivity index (χ1v) is 11.4. The minimum absolute atomic E-state index is 0.0326. The maximum atomic E-state index is 12.5. The maximum Gasteiger partial charge on any atom is 0.339 e. The zero-order chi connectivity index (χ0) is 26.9. The monoisotopic (exact) mass is 524 g/mol. The highest BCUT2D eigenvalue weighted by atomic mass is 16.8. The molecule has 1 aromatic rings. The number of rotatable bonds is 7. The van der Waals surface area contributed by atoms with Gasteiger partial charge < -0.3 is 54.3 Å². The highest BCUT2D eigenvalue weighted by Crippen LogP contribution is 2.47. The molecule has 0 saturated carbocycles. The number of aromatic hydroxyl groups is 1. The summed E-state index contributed by atoms with van der Waals surface area (Å²) in [6.45, 7) is -1.02. The molecule has 0 spiro atoms. The Hall–Kier alpha value is -3.04. The first kappa shape index (κ1) is 27.0. The van der Waals surface area contributed by atoms with Crippen molar-refractivity contribution in [2.45, 2.75) is 49.0 Å². The molecule has 2 heterocycles. The largest absolute Gasteiger partial charge is 0.508 e. The van der Waals surface area contributed by atoms with Crippen molar-refractivity contribution in [3.05, 3.63) is 53.3 Å². The van der Waals surface area contributed by atoms with Gasteiger partial charge in [0.15, 0.2) is 6.29 Å². The van der Waals surface area contributed by atoms with Gasteiger partial charge in [0.1, 0.15) is 47.9 Å². The third-order valence-corrected chi connectivity index (χ3v) is 6.64. The van der Waals surface area contributed by atoms with Crippen LogP contribution >= 0.6 is 0 Å². The van der Waals surface area contributed by atoms with Gasteiger partial charge in [0.25, 0.3) is 0 Å². The molecule has 8 atom stereocenters. The predicted molar refractivity (Wildman–Crippen MR) is 119 cm³/mol. The van der Waals surface area contributed by atoms with E-state index in [4.69, 9.17) is 23.7 Å². The molecule has 0 unspecified atom stereocenters. The molecule has 2 aliphatic heterocycles. The molecule has 0 amide bonds. The molecular formula is C24H28O13. The zero-order valence-corrected chi connectivity index (χ0v) is 19.7. The molecule has 1 saturated heterocycles. The summed E-state index contributed by atoms with van der Waals surface area (Å²) < 4.78 is 26.8. The van der Waals surface area contributed by atoms with Gasteiger partial charge in [-0.25, -0.2) is 9.59 Å². The molecular weight excluding hydrogens is 496 g/mol. The molecule has 1 aromatic carbocycles. The van der Waals surface area contributed by atoms with Gasteiger partial charge in [-0.05, 0) is 36.3 Å². The Morgan fingerprint density at radius 3 is 2.41 bits per heavy atom. The number of aliphatic hydroxyl groups excluding tert-OH is 4. The van der Waals surface area contributed by atoms with Crippen LogP contribution in [0.1, 0.15) is 16.8 Å². The van der Waals surface area contributed by atoms with E-state index < -0.39 is 67.1 Å². The molecule has 37 heavy (non-hydrogen) atoms. The molecule has 6 N–H and O–H groups in total. The SMILES string of the molecule is COC(=O)C1=CO[C@H](O[C@@H]2O[C@H](CO)[C@@H](O)[C@H](O)[C@H]2O)[C@H]2C(COC(=O)c3ccc(O)cc3)=CC[C@@]12O. The van der Waals surface area contributed by atoms with Gasteiger partial charge in [0.2, 0.25) is 6.29 Å². The van der Waals surface area contributed by atoms with Crippen LogP contribution in [0.15, 0.2) is 47.7 Å². The van der Waals surface area contributed by atoms with Crippen molar-refractivity contribution in [3.63, 3.8) is 0 Å². The molecule has 13 heteroatoms. The number of hydrogen-bond acceptors (Lipinski definition) is 13. The van der Waals surface area contributed by atoms with Crippen LogP contribution in [0.5, 0.6) is 5.75 Å². The van der Waals surface area contributed by atoms with E-state index >= 15 is 0 Å². The van der Waals surface area contributed by atoms with Crippen molar-refractivity contribution >= 4 is 11.9 Å². The van der Waals surface area contributed by atoms with Crippen molar-refractivity contribution < 1.29 is 63.9 Å². The van der Waals surface area contributed by atoms with Gasteiger partial charge >= 0.3 is 11.9 Å². The third-order valence-electron chi connectivity index (χ3n) is 6.64. The molecule has 0 radical (unpaired) electrons. The maximum absolute atomic E-state index is 12.5. The first-order valence-electron chi connectivity index (χ1n) is 11.4. The van der Waals surface area contributed by atoms with Gasteiger partial charge in [0, 0.05) is 0 Å². The van der Waals surface area contributed by atoms with Gasteiger partial charge in [-0.1, -0.05) is 6.08 Å². The van der Waals surface area contributed by atoms with E-state index in [9.17, 15) is 40.2 Å². The van der Waals surface area contributed by atoms with E-state index in [-0.39, 0.29) is 29.9 Å². The van der Waals surface area contributed by atoms with Crippen LogP contribution in [0.3, 0.4) is 0 Å². The summed E-state index contributed by atoms with van der Waals surface area (Å²) >= 11 is 0. The number of carbonyl (C=O) groups excluding carboxylic acids is 2. The number of carbonyl (C=O) groups is 2. The lowest BCUT2D eigenvalue weighted by Crippen LogP contribution is -2.61. The Bertz CT molecular complexity index is 1060. The van der Waals surface area contributed by atoms with Gasteiger partial charge in [-0.2, -0.15) is 0 Å². The Labute approximate surface area is 210 Å². The summed E-state index contributed by atoms with van der Waals surface area (Å²) in [5, 5.41) is 60.8. The van der Waals surface area contributed by atoms with Crippen molar-refractivity contribution in [3.8, 4) is 5.75 Å². The molecule has 1 fully saturated rings. The standard InChI is InChI=1S/C24H28O13/c1-33-21(31)14-10-35-22(37-23-19(29)18(28)17(27)15(8-25)36-23)16-12(6-7-24(14,16)32)9-34-20(30)11-2-4-13(26)5-3-11/h2-6,10,15-19,22-23,25-29,32H,7-9H2,1H3/t15-,16-,17-,18+,19-,22-,23+,24-/m1/s1. The topological polar surface area (TPSA) is 202 Å². The number of fused-ring (bicyclic) bond motifs is 1. The molecule has 3 aliphatic rings. The summed E-state index contributed by atoms with van der Waals surface area (Å²) in [7, 11) is 1.13. The summed E-state index contributed by atoms with van der Waals surface area (Å²) in [5.41, 5.74) is -1.64. The fraction of sp³-hybridized carbons (Fsp3) is 0.500. The average molecular weight is 524 g/mol. The molecule has 0 aromatic heterocycles. The third kappa shape index (κ3) is 5.07. The second kappa shape index (κ2) is 10.8. The van der Waals surface area contributed by atoms with Crippen molar-refractivity contribution in [1.29, 1.82) is 0 Å². The first-order chi connectivity index (χ1) is 17.6. The van der Waals surface area contributed by atoms with Gasteiger partial charge in [-0.3, -0.25) is 0 Å². The lowest BCUT2D eigenvalue weighted by atomic mass is 9.79. The number of aliphatic hydroxyl groups is 5. The summed E-state index contributed by atoms with van der Waals surface area (Å²) in [4.78, 5) is 24.8. The Morgan fingerprint density at radius 2 is 1.76 bits per heavy atom. The second-order valence-electron chi connectivity index (χ2n) is 8.87. The fourth-order valence-electron chi connectivity index (χ4n) is 4.58. The smallest absolute Gasteiger partial charge is 0.339 e. The Balaban J connectivity index is 1.56. The quantitative estimate of drug-likeness (QED) is 0.177. The lowest BCUT2D eigenvalue weighted by molar-refractivity contribution is -0.343. The molecule has 1 aliphatic carbocycles. The van der Waals surface area contributed by atoms with Crippen LogP contribution in [-0.2, 0) is 28.5 Å². The number of phenolic OH excluding ortho intramolecular Hbond substituents is 1. The highest BCUT2D eigenvalue weighted by molar-refractivity contribution is 5.91. The van der Waals surface area contributed by atoms with E-state index in [1.807, 2.05) is 0 Å². The van der Waals surface area contributed by atoms with Crippen LogP contribution in [0.4, 0.5) is 0 Å². The van der Waals surface area contributed by atoms with Crippen LogP contribution in [0.25, 0.3) is 0 Å². The molecule has 13 nitrogen and oxygen atoms in total. The molecule has 0 bridgehead atoms. The van der Waals surface area contributed by atoms with Crippen molar-refractivity contribution in [2.75, 3.05) is 20.3 Å². The number of phenols is 1. The van der Waals surface area contributed by atoms with Crippen LogP contribution in [-0.4, -0.2) is 105 Å². The predicted octanol–water partition coefficient (Wildman–Crippen LogP) is -1.54. The number of benzene rings is 1. The molecule has 4 rings (SSSR count). The fourth-order valence-corrected chi connectivity index (χ4v) is 4.58. The van der Waals surface area contributed by atoms with E-state index in [1.54, 1.807) is 6.08 Å². The normalized spacial score (nSPS) is 35.0. The second-order valence-corrected chi connectivity index (χ2v) is 8.87. The lowest BCUT2D eigenvalue weighted by Gasteiger charge is -2.44. The van der Waals surface area contributed by atoms with Crippen LogP contribution in [0, 0.1) is 5.92 Å². The van der Waals surface area contributed by atoms with Crippen LogP contribution in [0.2, 0.25) is 0 Å². The van der Waals surface area contributed by atoms with E-state index in [2.05, 4.69) is 0 Å². The van der Waals surface area contributed by atoms with Crippen molar-refractivity contribution in [1.82, 2.24) is 0 Å². The van der Waals surface area contributed by atoms with E-state index in [0.29, 0.717) is 5.57 Å².